The molecular weight excluding hydrogens is 192 g/mol. The number of aryl methyl sites for hydroxylation is 1. The van der Waals surface area contributed by atoms with Crippen LogP contribution < -0.4 is 0 Å². The van der Waals surface area contributed by atoms with Crippen molar-refractivity contribution in [1.82, 2.24) is 0 Å². The van der Waals surface area contributed by atoms with Gasteiger partial charge in [0, 0.05) is 0 Å². The van der Waals surface area contributed by atoms with Gasteiger partial charge in [-0.3, -0.25) is 0 Å². The Morgan fingerprint density at radius 1 is 1.21 bits per heavy atom. The Morgan fingerprint density at radius 2 is 1.79 bits per heavy atom. The molecule has 0 heterocycles. The van der Waals surface area contributed by atoms with Crippen molar-refractivity contribution in [3.63, 3.8) is 0 Å². The summed E-state index contributed by atoms with van der Waals surface area (Å²) in [4.78, 5) is 0. The molecule has 0 aromatic heterocycles. The van der Waals surface area contributed by atoms with Crippen molar-refractivity contribution in [2.45, 2.75) is 45.4 Å². The summed E-state index contributed by atoms with van der Waals surface area (Å²) in [5.41, 5.74) is 4.08. The molecule has 0 N–H and O–H groups in total. The number of hydrogen-bond donors (Lipinski definition) is 0. The second-order valence-electron chi connectivity index (χ2n) is 4.94. The van der Waals surface area contributed by atoms with E-state index in [0.29, 0.717) is 0 Å². The molecule has 1 heteroatoms. The molecule has 14 heavy (non-hydrogen) atoms. The van der Waals surface area contributed by atoms with Crippen LogP contribution >= 0.6 is 11.6 Å². The number of benzene rings is 1. The Bertz CT molecular complexity index is 318. The van der Waals surface area contributed by atoms with Crippen molar-refractivity contribution in [1.29, 1.82) is 0 Å². The summed E-state index contributed by atoms with van der Waals surface area (Å²) >= 11 is 6.13. The first-order valence-corrected chi connectivity index (χ1v) is 5.51. The van der Waals surface area contributed by atoms with Crippen molar-refractivity contribution in [2.75, 3.05) is 0 Å². The van der Waals surface area contributed by atoms with Crippen molar-refractivity contribution < 1.29 is 0 Å². The highest BCUT2D eigenvalue weighted by Crippen LogP contribution is 2.29. The van der Waals surface area contributed by atoms with Crippen LogP contribution in [0, 0.1) is 6.92 Å². The van der Waals surface area contributed by atoms with Gasteiger partial charge in [0.05, 0.1) is 5.38 Å². The van der Waals surface area contributed by atoms with E-state index in [0.717, 1.165) is 0 Å². The monoisotopic (exact) mass is 210 g/mol. The van der Waals surface area contributed by atoms with E-state index in [9.17, 15) is 0 Å². The fourth-order valence-electron chi connectivity index (χ4n) is 1.54. The standard InChI is InChI=1S/C13H19Cl/c1-9-6-7-11(13(3,4)5)8-12(9)10(2)14/h6-8,10H,1-5H3. The van der Waals surface area contributed by atoms with Gasteiger partial charge in [-0.2, -0.15) is 0 Å². The van der Waals surface area contributed by atoms with Crippen molar-refractivity contribution >= 4 is 11.6 Å². The van der Waals surface area contributed by atoms with Gasteiger partial charge in [0.1, 0.15) is 0 Å². The van der Waals surface area contributed by atoms with Gasteiger partial charge >= 0.3 is 0 Å². The van der Waals surface area contributed by atoms with Gasteiger partial charge in [0.2, 0.25) is 0 Å². The van der Waals surface area contributed by atoms with E-state index >= 15 is 0 Å². The van der Waals surface area contributed by atoms with Crippen LogP contribution in [0.5, 0.6) is 0 Å². The van der Waals surface area contributed by atoms with Gasteiger partial charge in [-0.25, -0.2) is 0 Å². The highest BCUT2D eigenvalue weighted by atomic mass is 35.5. The quantitative estimate of drug-likeness (QED) is 0.595. The highest BCUT2D eigenvalue weighted by Gasteiger charge is 2.15. The Kier molecular flexibility index (Phi) is 3.26. The predicted octanol–water partition coefficient (Wildman–Crippen LogP) is 4.59. The average Bonchev–Trinajstić information content (AvgIpc) is 2.02. The van der Waals surface area contributed by atoms with E-state index in [1.807, 2.05) is 6.92 Å². The largest absolute Gasteiger partial charge is 0.118 e. The molecule has 0 aliphatic carbocycles. The summed E-state index contributed by atoms with van der Waals surface area (Å²) in [6.07, 6.45) is 0. The first-order valence-electron chi connectivity index (χ1n) is 5.07. The van der Waals surface area contributed by atoms with Crippen LogP contribution in [0.25, 0.3) is 0 Å². The molecule has 0 saturated carbocycles. The molecule has 0 nitrogen and oxygen atoms in total. The van der Waals surface area contributed by atoms with Gasteiger partial charge in [-0.1, -0.05) is 39.0 Å². The van der Waals surface area contributed by atoms with E-state index in [-0.39, 0.29) is 10.8 Å². The van der Waals surface area contributed by atoms with Gasteiger partial charge in [0.15, 0.2) is 0 Å². The normalized spacial score (nSPS) is 14.1. The maximum absolute atomic E-state index is 6.13. The zero-order valence-electron chi connectivity index (χ0n) is 9.69. The van der Waals surface area contributed by atoms with Crippen LogP contribution in [0.1, 0.15) is 49.8 Å². The highest BCUT2D eigenvalue weighted by molar-refractivity contribution is 6.20. The molecule has 1 atom stereocenters. The van der Waals surface area contributed by atoms with Crippen molar-refractivity contribution in [3.8, 4) is 0 Å². The molecule has 1 unspecified atom stereocenters. The zero-order chi connectivity index (χ0) is 10.9. The van der Waals surface area contributed by atoms with Gasteiger partial charge in [0.25, 0.3) is 0 Å². The lowest BCUT2D eigenvalue weighted by Gasteiger charge is -2.21. The first kappa shape index (κ1) is 11.6. The Hall–Kier alpha value is -0.490. The van der Waals surface area contributed by atoms with E-state index in [2.05, 4.69) is 45.9 Å². The number of hydrogen-bond acceptors (Lipinski definition) is 0. The molecule has 1 aromatic rings. The third-order valence-electron chi connectivity index (χ3n) is 2.57. The summed E-state index contributed by atoms with van der Waals surface area (Å²) in [6, 6.07) is 6.58. The summed E-state index contributed by atoms with van der Waals surface area (Å²) < 4.78 is 0. The third-order valence-corrected chi connectivity index (χ3v) is 2.81. The molecule has 0 radical (unpaired) electrons. The molecule has 0 aliphatic heterocycles. The minimum Gasteiger partial charge on any atom is -0.118 e. The van der Waals surface area contributed by atoms with E-state index in [1.165, 1.54) is 16.7 Å². The maximum atomic E-state index is 6.13. The number of alkyl halides is 1. The maximum Gasteiger partial charge on any atom is 0.0559 e. The molecule has 0 bridgehead atoms. The van der Waals surface area contributed by atoms with Crippen molar-refractivity contribution in [3.05, 3.63) is 34.9 Å². The predicted molar refractivity (Wildman–Crippen MR) is 64.1 cm³/mol. The molecule has 78 valence electrons. The van der Waals surface area contributed by atoms with Gasteiger partial charge < -0.3 is 0 Å². The van der Waals surface area contributed by atoms with Crippen LogP contribution in [0.4, 0.5) is 0 Å². The SMILES string of the molecule is Cc1ccc(C(C)(C)C)cc1C(C)Cl. The van der Waals surface area contributed by atoms with Crippen LogP contribution in [-0.2, 0) is 5.41 Å². The van der Waals surface area contributed by atoms with Crippen LogP contribution in [0.3, 0.4) is 0 Å². The second-order valence-corrected chi connectivity index (χ2v) is 5.59. The lowest BCUT2D eigenvalue weighted by molar-refractivity contribution is 0.589. The molecule has 0 saturated heterocycles. The second kappa shape index (κ2) is 3.94. The molecule has 1 rings (SSSR count). The van der Waals surface area contributed by atoms with E-state index < -0.39 is 0 Å². The third kappa shape index (κ3) is 2.51. The lowest BCUT2D eigenvalue weighted by atomic mass is 9.85. The smallest absolute Gasteiger partial charge is 0.0559 e. The summed E-state index contributed by atoms with van der Waals surface area (Å²) in [5.74, 6) is 0. The van der Waals surface area contributed by atoms with Crippen LogP contribution in [0.2, 0.25) is 0 Å². The Labute approximate surface area is 92.3 Å². The molecule has 1 aromatic carbocycles. The van der Waals surface area contributed by atoms with Crippen LogP contribution in [0.15, 0.2) is 18.2 Å². The molecule has 0 amide bonds. The Balaban J connectivity index is 3.20. The summed E-state index contributed by atoms with van der Waals surface area (Å²) in [5, 5.41) is 0.0947. The van der Waals surface area contributed by atoms with Gasteiger partial charge in [-0.15, -0.1) is 11.6 Å². The minimum absolute atomic E-state index is 0.0947. The van der Waals surface area contributed by atoms with Crippen LogP contribution in [-0.4, -0.2) is 0 Å². The van der Waals surface area contributed by atoms with E-state index in [4.69, 9.17) is 11.6 Å². The molecule has 0 aliphatic rings. The molecule has 0 spiro atoms. The Morgan fingerprint density at radius 3 is 2.21 bits per heavy atom. The fourth-order valence-corrected chi connectivity index (χ4v) is 1.77. The zero-order valence-corrected chi connectivity index (χ0v) is 10.4. The fraction of sp³-hybridized carbons (Fsp3) is 0.538. The molecular formula is C13H19Cl. The van der Waals surface area contributed by atoms with Crippen molar-refractivity contribution in [2.24, 2.45) is 0 Å². The minimum atomic E-state index is 0.0947. The molecule has 0 fully saturated rings. The summed E-state index contributed by atoms with van der Waals surface area (Å²) in [6.45, 7) is 10.8. The van der Waals surface area contributed by atoms with Gasteiger partial charge in [-0.05, 0) is 36.0 Å². The number of rotatable bonds is 1. The first-order chi connectivity index (χ1) is 6.32. The lowest BCUT2D eigenvalue weighted by Crippen LogP contribution is -2.11. The topological polar surface area (TPSA) is 0 Å². The average molecular weight is 211 g/mol. The summed E-state index contributed by atoms with van der Waals surface area (Å²) in [7, 11) is 0. The number of halogens is 1. The van der Waals surface area contributed by atoms with E-state index in [1.54, 1.807) is 0 Å².